The maximum atomic E-state index is 6.46. The second-order valence-corrected chi connectivity index (χ2v) is 13.0. The van der Waals surface area contributed by atoms with Crippen LogP contribution in [0, 0.1) is 0 Å². The molecule has 4 heteroatoms. The molecule has 0 amide bonds. The molecule has 47 heavy (non-hydrogen) atoms. The van der Waals surface area contributed by atoms with E-state index in [1.54, 1.807) is 0 Å². The molecular weight excluding hydrogens is 593 g/mol. The number of rotatable bonds is 5. The first-order valence-corrected chi connectivity index (χ1v) is 16.6. The third-order valence-corrected chi connectivity index (χ3v) is 10.4. The molecule has 0 saturated heterocycles. The average Bonchev–Trinajstić information content (AvgIpc) is 3.82. The molecule has 9 aromatic rings. The minimum Gasteiger partial charge on any atom is -0.435 e. The van der Waals surface area contributed by atoms with Crippen molar-refractivity contribution in [2.24, 2.45) is 0 Å². The third-order valence-electron chi connectivity index (χ3n) is 9.26. The molecule has 0 N–H and O–H groups in total. The van der Waals surface area contributed by atoms with Gasteiger partial charge >= 0.3 is 0 Å². The van der Waals surface area contributed by atoms with Crippen LogP contribution < -0.4 is 4.90 Å². The molecule has 0 spiro atoms. The Morgan fingerprint density at radius 1 is 0.489 bits per heavy atom. The van der Waals surface area contributed by atoms with Gasteiger partial charge in [-0.3, -0.25) is 0 Å². The first-order chi connectivity index (χ1) is 23.3. The first-order valence-electron chi connectivity index (χ1n) is 15.8. The lowest BCUT2D eigenvalue weighted by Gasteiger charge is -2.27. The van der Waals surface area contributed by atoms with Crippen molar-refractivity contribution >= 4 is 59.3 Å². The highest BCUT2D eigenvalue weighted by molar-refractivity contribution is 7.25. The molecule has 10 rings (SSSR count). The summed E-state index contributed by atoms with van der Waals surface area (Å²) < 4.78 is 9.04. The van der Waals surface area contributed by atoms with Crippen LogP contribution in [0.15, 0.2) is 162 Å². The second kappa shape index (κ2) is 10.3. The van der Waals surface area contributed by atoms with E-state index in [2.05, 4.69) is 132 Å². The molecule has 0 bridgehead atoms. The number of anilines is 3. The maximum Gasteiger partial charge on any atom is 0.227 e. The SMILES string of the molecule is c1ccc(-c2ccc(N(c3ccc4c(c3)sc3ccccc34)c3ccc4c5c(cccc35)-c3nc(-c5ccccc5)oc3-4)cc2)cc1. The van der Waals surface area contributed by atoms with E-state index in [1.807, 2.05) is 41.7 Å². The fourth-order valence-electron chi connectivity index (χ4n) is 7.08. The Labute approximate surface area is 275 Å². The third kappa shape index (κ3) is 4.09. The highest BCUT2D eigenvalue weighted by Gasteiger charge is 2.30. The van der Waals surface area contributed by atoms with E-state index in [0.717, 1.165) is 50.6 Å². The lowest BCUT2D eigenvalue weighted by Crippen LogP contribution is -2.10. The van der Waals surface area contributed by atoms with Gasteiger partial charge in [-0.2, -0.15) is 0 Å². The zero-order valence-electron chi connectivity index (χ0n) is 25.2. The van der Waals surface area contributed by atoms with Crippen molar-refractivity contribution in [1.82, 2.24) is 4.98 Å². The summed E-state index contributed by atoms with van der Waals surface area (Å²) in [5.41, 5.74) is 9.83. The maximum absolute atomic E-state index is 6.46. The summed E-state index contributed by atoms with van der Waals surface area (Å²) in [7, 11) is 0. The molecule has 3 nitrogen and oxygen atoms in total. The van der Waals surface area contributed by atoms with Crippen LogP contribution >= 0.6 is 11.3 Å². The number of benzene rings is 7. The van der Waals surface area contributed by atoms with Crippen molar-refractivity contribution in [2.45, 2.75) is 0 Å². The number of thiophene rings is 1. The summed E-state index contributed by atoms with van der Waals surface area (Å²) in [5.74, 6) is 1.49. The average molecular weight is 619 g/mol. The standard InChI is InChI=1S/C43H26N2OS/c1-3-10-27(11-4-1)28-18-20-30(21-19-28)45(31-22-23-33-32-14-7-8-17-38(32)47-39(33)26-31)37-25-24-36-40-34(37)15-9-16-35(40)41-42(36)46-43(44-41)29-12-5-2-6-13-29/h1-26H. The Morgan fingerprint density at radius 2 is 1.17 bits per heavy atom. The molecule has 7 aromatic carbocycles. The van der Waals surface area contributed by atoms with Crippen molar-refractivity contribution in [3.63, 3.8) is 0 Å². The smallest absolute Gasteiger partial charge is 0.227 e. The monoisotopic (exact) mass is 618 g/mol. The molecule has 2 heterocycles. The van der Waals surface area contributed by atoms with Crippen molar-refractivity contribution in [3.8, 4) is 45.2 Å². The molecule has 1 aliphatic rings. The highest BCUT2D eigenvalue weighted by Crippen LogP contribution is 2.52. The summed E-state index contributed by atoms with van der Waals surface area (Å²) in [6, 6.07) is 56.1. The van der Waals surface area contributed by atoms with Crippen LogP contribution in [0.4, 0.5) is 17.1 Å². The normalized spacial score (nSPS) is 11.8. The Bertz CT molecular complexity index is 2590. The molecule has 2 aromatic heterocycles. The van der Waals surface area contributed by atoms with Crippen molar-refractivity contribution in [1.29, 1.82) is 0 Å². The molecular formula is C43H26N2OS. The van der Waals surface area contributed by atoms with Crippen LogP contribution in [0.1, 0.15) is 0 Å². The molecule has 0 aliphatic heterocycles. The number of hydrogen-bond acceptors (Lipinski definition) is 4. The summed E-state index contributed by atoms with van der Waals surface area (Å²) in [5, 5.41) is 4.94. The van der Waals surface area contributed by atoms with Crippen LogP contribution in [0.5, 0.6) is 0 Å². The van der Waals surface area contributed by atoms with E-state index in [4.69, 9.17) is 9.40 Å². The van der Waals surface area contributed by atoms with Crippen LogP contribution in [0.25, 0.3) is 76.1 Å². The zero-order valence-corrected chi connectivity index (χ0v) is 26.0. The molecule has 0 saturated carbocycles. The van der Waals surface area contributed by atoms with Gasteiger partial charge in [0.25, 0.3) is 0 Å². The fourth-order valence-corrected chi connectivity index (χ4v) is 8.22. The topological polar surface area (TPSA) is 29.3 Å². The van der Waals surface area contributed by atoms with E-state index in [9.17, 15) is 0 Å². The summed E-state index contributed by atoms with van der Waals surface area (Å²) in [4.78, 5) is 7.40. The predicted octanol–water partition coefficient (Wildman–Crippen LogP) is 12.6. The minimum absolute atomic E-state index is 0.652. The molecule has 0 radical (unpaired) electrons. The minimum atomic E-state index is 0.652. The van der Waals surface area contributed by atoms with Gasteiger partial charge < -0.3 is 9.32 Å². The zero-order chi connectivity index (χ0) is 30.9. The van der Waals surface area contributed by atoms with Gasteiger partial charge in [-0.1, -0.05) is 103 Å². The lowest BCUT2D eigenvalue weighted by molar-refractivity contribution is 0.590. The Hall–Kier alpha value is -5.97. The number of aromatic nitrogens is 1. The van der Waals surface area contributed by atoms with Gasteiger partial charge in [-0.05, 0) is 65.7 Å². The van der Waals surface area contributed by atoms with Crippen LogP contribution in [0.2, 0.25) is 0 Å². The van der Waals surface area contributed by atoms with E-state index >= 15 is 0 Å². The summed E-state index contributed by atoms with van der Waals surface area (Å²) in [6.45, 7) is 0. The first kappa shape index (κ1) is 26.3. The number of fused-ring (bicyclic) bond motifs is 6. The molecule has 0 atom stereocenters. The van der Waals surface area contributed by atoms with Gasteiger partial charge in [0.1, 0.15) is 5.69 Å². The summed E-state index contributed by atoms with van der Waals surface area (Å²) in [6.07, 6.45) is 0. The van der Waals surface area contributed by atoms with Gasteiger partial charge in [-0.15, -0.1) is 11.3 Å². The summed E-state index contributed by atoms with van der Waals surface area (Å²) >= 11 is 1.85. The molecule has 0 fully saturated rings. The van der Waals surface area contributed by atoms with Crippen molar-refractivity contribution < 1.29 is 4.42 Å². The lowest BCUT2D eigenvalue weighted by atomic mass is 10.00. The van der Waals surface area contributed by atoms with Gasteiger partial charge in [0.15, 0.2) is 5.76 Å². The van der Waals surface area contributed by atoms with Gasteiger partial charge in [0, 0.05) is 59.0 Å². The van der Waals surface area contributed by atoms with E-state index in [-0.39, 0.29) is 0 Å². The molecule has 0 unspecified atom stereocenters. The Morgan fingerprint density at radius 3 is 2.00 bits per heavy atom. The van der Waals surface area contributed by atoms with Crippen LogP contribution in [-0.2, 0) is 0 Å². The number of nitrogens with zero attached hydrogens (tertiary/aromatic N) is 2. The van der Waals surface area contributed by atoms with Gasteiger partial charge in [-0.25, -0.2) is 4.98 Å². The number of hydrogen-bond donors (Lipinski definition) is 0. The second-order valence-electron chi connectivity index (χ2n) is 12.0. The van der Waals surface area contributed by atoms with Crippen LogP contribution in [-0.4, -0.2) is 4.98 Å². The molecule has 220 valence electrons. The van der Waals surface area contributed by atoms with Crippen LogP contribution in [0.3, 0.4) is 0 Å². The largest absolute Gasteiger partial charge is 0.435 e. The molecule has 1 aliphatic carbocycles. The Kier molecular flexibility index (Phi) is 5.74. The van der Waals surface area contributed by atoms with E-state index in [0.29, 0.717) is 5.89 Å². The predicted molar refractivity (Wildman–Crippen MR) is 197 cm³/mol. The highest BCUT2D eigenvalue weighted by atomic mass is 32.1. The Balaban J connectivity index is 1.16. The van der Waals surface area contributed by atoms with Gasteiger partial charge in [0.2, 0.25) is 5.89 Å². The number of oxazole rings is 1. The van der Waals surface area contributed by atoms with E-state index in [1.165, 1.54) is 36.7 Å². The van der Waals surface area contributed by atoms with Gasteiger partial charge in [0.05, 0.1) is 5.69 Å². The quantitative estimate of drug-likeness (QED) is 0.192. The van der Waals surface area contributed by atoms with Crippen molar-refractivity contribution in [3.05, 3.63) is 158 Å². The van der Waals surface area contributed by atoms with Crippen molar-refractivity contribution in [2.75, 3.05) is 4.90 Å². The van der Waals surface area contributed by atoms with E-state index < -0.39 is 0 Å². The fraction of sp³-hybridized carbons (Fsp3) is 0.